The minimum atomic E-state index is -0.595. The summed E-state index contributed by atoms with van der Waals surface area (Å²) in [7, 11) is 0. The third-order valence-corrected chi connectivity index (χ3v) is 1.33. The first-order valence-corrected chi connectivity index (χ1v) is 3.52. The van der Waals surface area contributed by atoms with Crippen molar-refractivity contribution in [3.8, 4) is 5.75 Å². The van der Waals surface area contributed by atoms with Crippen LogP contribution in [-0.4, -0.2) is 17.9 Å². The van der Waals surface area contributed by atoms with Gasteiger partial charge in [0.25, 0.3) is 0 Å². The number of benzene rings is 1. The second-order valence-corrected chi connectivity index (χ2v) is 2.30. The molecule has 1 aromatic rings. The first-order valence-electron chi connectivity index (χ1n) is 3.52. The van der Waals surface area contributed by atoms with Crippen LogP contribution in [0.15, 0.2) is 24.3 Å². The summed E-state index contributed by atoms with van der Waals surface area (Å²) in [6.45, 7) is -0.595. The van der Waals surface area contributed by atoms with Crippen LogP contribution in [0.4, 0.5) is 0 Å². The van der Waals surface area contributed by atoms with E-state index < -0.39 is 11.7 Å². The monoisotopic (exact) mass is 181 g/mol. The van der Waals surface area contributed by atoms with Gasteiger partial charge in [-0.3, -0.25) is 14.9 Å². The molecule has 0 spiro atoms. The predicted octanol–water partition coefficient (Wildman–Crippen LogP) is 1.11. The molecule has 68 valence electrons. The number of nitrogens with zero attached hydrogens (tertiary/aromatic N) is 1. The number of carbonyl (C=O) groups is 1. The molecule has 0 N–H and O–H groups in total. The number of hydrogen-bond acceptors (Lipinski definition) is 4. The zero-order valence-corrected chi connectivity index (χ0v) is 6.67. The van der Waals surface area contributed by atoms with Gasteiger partial charge in [0.05, 0.1) is 4.92 Å². The van der Waals surface area contributed by atoms with Gasteiger partial charge in [-0.15, -0.1) is 0 Å². The molecule has 5 heteroatoms. The number of hydrogen-bond donors (Lipinski definition) is 0. The molecule has 13 heavy (non-hydrogen) atoms. The summed E-state index contributed by atoms with van der Waals surface area (Å²) in [5.74, 6) is 0.321. The maximum Gasteiger partial charge on any atom is 0.344 e. The molecule has 0 amide bonds. The highest BCUT2D eigenvalue weighted by Gasteiger charge is 1.99. The van der Waals surface area contributed by atoms with E-state index in [1.807, 2.05) is 0 Å². The lowest BCUT2D eigenvalue weighted by Crippen LogP contribution is -2.08. The summed E-state index contributed by atoms with van der Waals surface area (Å²) >= 11 is 0. The quantitative estimate of drug-likeness (QED) is 0.302. The fraction of sp³-hybridized carbons (Fsp3) is 0.125. The van der Waals surface area contributed by atoms with Gasteiger partial charge in [0, 0.05) is 5.56 Å². The van der Waals surface area contributed by atoms with Gasteiger partial charge in [-0.25, -0.2) is 0 Å². The largest absolute Gasteiger partial charge is 0.432 e. The van der Waals surface area contributed by atoms with Crippen LogP contribution >= 0.6 is 0 Å². The Kier molecular flexibility index (Phi) is 2.97. The number of carbonyl (C=O) groups excluding carboxylic acids is 1. The van der Waals surface area contributed by atoms with E-state index in [2.05, 4.69) is 0 Å². The third-order valence-electron chi connectivity index (χ3n) is 1.33. The van der Waals surface area contributed by atoms with Crippen molar-refractivity contribution >= 4 is 6.29 Å². The van der Waals surface area contributed by atoms with Crippen LogP contribution in [0.25, 0.3) is 0 Å². The first-order chi connectivity index (χ1) is 6.22. The Balaban J connectivity index is 2.66. The molecule has 1 aromatic carbocycles. The fourth-order valence-electron chi connectivity index (χ4n) is 0.805. The smallest absolute Gasteiger partial charge is 0.344 e. The molecule has 0 aliphatic rings. The van der Waals surface area contributed by atoms with E-state index >= 15 is 0 Å². The predicted molar refractivity (Wildman–Crippen MR) is 44.3 cm³/mol. The molecular formula is C8H7NO4. The molecule has 1 rings (SSSR count). The molecule has 0 heterocycles. The molecule has 0 bridgehead atoms. The van der Waals surface area contributed by atoms with E-state index in [1.54, 1.807) is 18.2 Å². The van der Waals surface area contributed by atoms with Crippen LogP contribution in [0, 0.1) is 10.1 Å². The third kappa shape index (κ3) is 2.90. The topological polar surface area (TPSA) is 69.4 Å². The maximum absolute atomic E-state index is 10.3. The molecule has 0 fully saturated rings. The second-order valence-electron chi connectivity index (χ2n) is 2.30. The Morgan fingerprint density at radius 2 is 2.31 bits per heavy atom. The van der Waals surface area contributed by atoms with Crippen LogP contribution in [0.1, 0.15) is 10.4 Å². The van der Waals surface area contributed by atoms with Gasteiger partial charge in [-0.05, 0) is 12.1 Å². The van der Waals surface area contributed by atoms with Crippen molar-refractivity contribution in [3.63, 3.8) is 0 Å². The molecule has 0 aromatic heterocycles. The van der Waals surface area contributed by atoms with Gasteiger partial charge in [0.1, 0.15) is 12.0 Å². The molecule has 0 unspecified atom stereocenters. The summed E-state index contributed by atoms with van der Waals surface area (Å²) in [4.78, 5) is 19.7. The molecule has 0 saturated carbocycles. The molecule has 5 nitrogen and oxygen atoms in total. The number of rotatable bonds is 4. The minimum Gasteiger partial charge on any atom is -0.432 e. The van der Waals surface area contributed by atoms with Crippen molar-refractivity contribution in [2.45, 2.75) is 0 Å². The highest BCUT2D eigenvalue weighted by atomic mass is 16.7. The van der Waals surface area contributed by atoms with E-state index in [4.69, 9.17) is 4.74 Å². The Morgan fingerprint density at radius 1 is 1.54 bits per heavy atom. The highest BCUT2D eigenvalue weighted by molar-refractivity contribution is 5.75. The molecular weight excluding hydrogens is 174 g/mol. The molecule has 0 aliphatic heterocycles. The van der Waals surface area contributed by atoms with Gasteiger partial charge >= 0.3 is 6.73 Å². The van der Waals surface area contributed by atoms with Crippen molar-refractivity contribution in [2.75, 3.05) is 6.73 Å². The number of aldehydes is 1. The maximum atomic E-state index is 10.3. The van der Waals surface area contributed by atoms with E-state index in [-0.39, 0.29) is 0 Å². The van der Waals surface area contributed by atoms with E-state index in [9.17, 15) is 14.9 Å². The van der Waals surface area contributed by atoms with Crippen molar-refractivity contribution < 1.29 is 14.5 Å². The van der Waals surface area contributed by atoms with Gasteiger partial charge < -0.3 is 4.74 Å². The summed E-state index contributed by atoms with van der Waals surface area (Å²) in [5.41, 5.74) is 0.431. The molecule has 0 aliphatic carbocycles. The number of nitro groups is 1. The number of ether oxygens (including phenoxy) is 1. The lowest BCUT2D eigenvalue weighted by Gasteiger charge is -2.00. The van der Waals surface area contributed by atoms with E-state index in [0.29, 0.717) is 17.6 Å². The van der Waals surface area contributed by atoms with Gasteiger partial charge in [-0.1, -0.05) is 12.1 Å². The average Bonchev–Trinajstić information content (AvgIpc) is 2.15. The standard InChI is InChI=1S/C8H7NO4/c10-5-7-2-1-3-8(4-7)13-6-9(11)12/h1-5H,6H2. The Hall–Kier alpha value is -1.91. The molecule has 0 saturated heterocycles. The van der Waals surface area contributed by atoms with Gasteiger partial charge in [0.15, 0.2) is 0 Å². The zero-order valence-electron chi connectivity index (χ0n) is 6.67. The van der Waals surface area contributed by atoms with Gasteiger partial charge in [-0.2, -0.15) is 0 Å². The van der Waals surface area contributed by atoms with Crippen LogP contribution < -0.4 is 4.74 Å². The molecule has 0 atom stereocenters. The summed E-state index contributed by atoms with van der Waals surface area (Å²) in [5, 5.41) is 9.94. The van der Waals surface area contributed by atoms with Crippen LogP contribution in [0.5, 0.6) is 5.75 Å². The van der Waals surface area contributed by atoms with Crippen molar-refractivity contribution in [2.24, 2.45) is 0 Å². The van der Waals surface area contributed by atoms with E-state index in [0.717, 1.165) is 0 Å². The van der Waals surface area contributed by atoms with Crippen LogP contribution in [0.3, 0.4) is 0 Å². The van der Waals surface area contributed by atoms with Crippen molar-refractivity contribution in [1.29, 1.82) is 0 Å². The van der Waals surface area contributed by atoms with Crippen molar-refractivity contribution in [1.82, 2.24) is 0 Å². The fourth-order valence-corrected chi connectivity index (χ4v) is 0.805. The summed E-state index contributed by atoms with van der Waals surface area (Å²) in [6, 6.07) is 6.18. The average molecular weight is 181 g/mol. The SMILES string of the molecule is O=Cc1cccc(OC[N+](=O)[O-])c1. The summed E-state index contributed by atoms with van der Waals surface area (Å²) in [6.07, 6.45) is 0.652. The highest BCUT2D eigenvalue weighted by Crippen LogP contribution is 2.11. The zero-order chi connectivity index (χ0) is 9.68. The second kappa shape index (κ2) is 4.20. The lowest BCUT2D eigenvalue weighted by molar-refractivity contribution is -0.514. The Labute approximate surface area is 74.1 Å². The van der Waals surface area contributed by atoms with Crippen molar-refractivity contribution in [3.05, 3.63) is 39.9 Å². The van der Waals surface area contributed by atoms with Crippen LogP contribution in [-0.2, 0) is 0 Å². The minimum absolute atomic E-state index is 0.321. The summed E-state index contributed by atoms with van der Waals surface area (Å²) < 4.78 is 4.75. The lowest BCUT2D eigenvalue weighted by atomic mass is 10.2. The Morgan fingerprint density at radius 3 is 2.92 bits per heavy atom. The van der Waals surface area contributed by atoms with Crippen LogP contribution in [0.2, 0.25) is 0 Å². The first kappa shape index (κ1) is 9.18. The Bertz CT molecular complexity index is 324. The molecule has 0 radical (unpaired) electrons. The normalized spacial score (nSPS) is 9.23. The van der Waals surface area contributed by atoms with E-state index in [1.165, 1.54) is 6.07 Å². The van der Waals surface area contributed by atoms with Gasteiger partial charge in [0.2, 0.25) is 0 Å².